The van der Waals surface area contributed by atoms with Gasteiger partial charge in [0.25, 0.3) is 0 Å². The lowest BCUT2D eigenvalue weighted by molar-refractivity contribution is -0.135. The van der Waals surface area contributed by atoms with Crippen LogP contribution in [0.3, 0.4) is 0 Å². The standard InChI is InChI=1S/C14H18F3N3O/c15-14(16,17)9-19-13(12(18)21)6-7-20(10-13)8-11-4-2-1-3-5-11/h1-5,19H,6-10H2,(H2,18,21). The van der Waals surface area contributed by atoms with E-state index < -0.39 is 24.2 Å². The minimum absolute atomic E-state index is 0.188. The van der Waals surface area contributed by atoms with Gasteiger partial charge in [-0.05, 0) is 12.0 Å². The summed E-state index contributed by atoms with van der Waals surface area (Å²) in [6, 6.07) is 9.57. The Labute approximate surface area is 121 Å². The summed E-state index contributed by atoms with van der Waals surface area (Å²) in [6.45, 7) is 0.0919. The van der Waals surface area contributed by atoms with Crippen molar-refractivity contribution in [2.24, 2.45) is 5.73 Å². The molecule has 0 aliphatic carbocycles. The molecule has 7 heteroatoms. The number of nitrogens with zero attached hydrogens (tertiary/aromatic N) is 1. The Bertz CT molecular complexity index is 492. The van der Waals surface area contributed by atoms with Gasteiger partial charge in [0.1, 0.15) is 5.54 Å². The number of benzene rings is 1. The van der Waals surface area contributed by atoms with Crippen LogP contribution in [-0.2, 0) is 11.3 Å². The van der Waals surface area contributed by atoms with Gasteiger partial charge >= 0.3 is 6.18 Å². The van der Waals surface area contributed by atoms with E-state index in [0.717, 1.165) is 5.56 Å². The molecule has 1 saturated heterocycles. The molecule has 1 heterocycles. The number of likely N-dealkylation sites (tertiary alicyclic amines) is 1. The number of nitrogens with one attached hydrogen (secondary N) is 1. The Morgan fingerprint density at radius 3 is 2.57 bits per heavy atom. The van der Waals surface area contributed by atoms with Gasteiger partial charge in [0.05, 0.1) is 6.54 Å². The zero-order chi connectivity index (χ0) is 15.5. The van der Waals surface area contributed by atoms with E-state index >= 15 is 0 Å². The highest BCUT2D eigenvalue weighted by atomic mass is 19.4. The van der Waals surface area contributed by atoms with Crippen molar-refractivity contribution in [3.8, 4) is 0 Å². The Morgan fingerprint density at radius 1 is 1.33 bits per heavy atom. The molecule has 21 heavy (non-hydrogen) atoms. The van der Waals surface area contributed by atoms with Gasteiger partial charge in [-0.2, -0.15) is 13.2 Å². The molecule has 0 radical (unpaired) electrons. The van der Waals surface area contributed by atoms with Crippen LogP contribution >= 0.6 is 0 Å². The number of alkyl halides is 3. The first-order valence-electron chi connectivity index (χ1n) is 6.69. The minimum atomic E-state index is -4.37. The van der Waals surface area contributed by atoms with Crippen LogP contribution in [0.15, 0.2) is 30.3 Å². The highest BCUT2D eigenvalue weighted by Crippen LogP contribution is 2.24. The SMILES string of the molecule is NC(=O)C1(NCC(F)(F)F)CCN(Cc2ccccc2)C1. The number of hydrogen-bond donors (Lipinski definition) is 2. The Hall–Kier alpha value is -1.60. The van der Waals surface area contributed by atoms with E-state index in [4.69, 9.17) is 5.73 Å². The fraction of sp³-hybridized carbons (Fsp3) is 0.500. The van der Waals surface area contributed by atoms with E-state index in [1.54, 1.807) is 0 Å². The maximum absolute atomic E-state index is 12.4. The summed E-state index contributed by atoms with van der Waals surface area (Å²) >= 11 is 0. The number of carbonyl (C=O) groups is 1. The molecule has 1 aliphatic rings. The molecule has 0 saturated carbocycles. The van der Waals surface area contributed by atoms with Crippen LogP contribution in [-0.4, -0.2) is 42.2 Å². The molecule has 4 nitrogen and oxygen atoms in total. The van der Waals surface area contributed by atoms with Crippen LogP contribution in [0.5, 0.6) is 0 Å². The van der Waals surface area contributed by atoms with Gasteiger partial charge < -0.3 is 5.73 Å². The lowest BCUT2D eigenvalue weighted by Crippen LogP contribution is -2.59. The van der Waals surface area contributed by atoms with E-state index in [0.29, 0.717) is 13.1 Å². The number of halogens is 3. The van der Waals surface area contributed by atoms with Gasteiger partial charge in [0.15, 0.2) is 0 Å². The van der Waals surface area contributed by atoms with Gasteiger partial charge in [0.2, 0.25) is 5.91 Å². The number of carbonyl (C=O) groups excluding carboxylic acids is 1. The second-order valence-corrected chi connectivity index (χ2v) is 5.36. The van der Waals surface area contributed by atoms with Gasteiger partial charge in [-0.1, -0.05) is 30.3 Å². The molecule has 3 N–H and O–H groups in total. The summed E-state index contributed by atoms with van der Waals surface area (Å²) in [5.74, 6) is -0.734. The fourth-order valence-electron chi connectivity index (χ4n) is 2.57. The summed E-state index contributed by atoms with van der Waals surface area (Å²) in [6.07, 6.45) is -4.08. The van der Waals surface area contributed by atoms with Crippen molar-refractivity contribution in [2.75, 3.05) is 19.6 Å². The van der Waals surface area contributed by atoms with E-state index in [9.17, 15) is 18.0 Å². The first-order valence-corrected chi connectivity index (χ1v) is 6.69. The first-order chi connectivity index (χ1) is 9.81. The monoisotopic (exact) mass is 301 g/mol. The van der Waals surface area contributed by atoms with Crippen molar-refractivity contribution < 1.29 is 18.0 Å². The molecule has 0 bridgehead atoms. The lowest BCUT2D eigenvalue weighted by Gasteiger charge is -2.28. The van der Waals surface area contributed by atoms with Gasteiger partial charge in [-0.3, -0.25) is 15.0 Å². The Kier molecular flexibility index (Phi) is 4.53. The lowest BCUT2D eigenvalue weighted by atomic mass is 9.97. The molecular weight excluding hydrogens is 283 g/mol. The highest BCUT2D eigenvalue weighted by Gasteiger charge is 2.45. The molecule has 1 fully saturated rings. The maximum atomic E-state index is 12.4. The first kappa shape index (κ1) is 15.8. The summed E-state index contributed by atoms with van der Waals surface area (Å²) in [5.41, 5.74) is 5.07. The zero-order valence-electron chi connectivity index (χ0n) is 11.5. The predicted molar refractivity (Wildman–Crippen MR) is 72.3 cm³/mol. The zero-order valence-corrected chi connectivity index (χ0v) is 11.5. The number of amides is 1. The molecule has 0 spiro atoms. The molecule has 0 aromatic heterocycles. The topological polar surface area (TPSA) is 58.4 Å². The number of nitrogens with two attached hydrogens (primary N) is 1. The second-order valence-electron chi connectivity index (χ2n) is 5.36. The number of rotatable bonds is 5. The second kappa shape index (κ2) is 6.03. The molecule has 1 atom stereocenters. The normalized spacial score (nSPS) is 23.4. The van der Waals surface area contributed by atoms with Crippen molar-refractivity contribution in [1.82, 2.24) is 10.2 Å². The third-order valence-corrected chi connectivity index (χ3v) is 3.70. The van der Waals surface area contributed by atoms with Crippen molar-refractivity contribution in [2.45, 2.75) is 24.7 Å². The minimum Gasteiger partial charge on any atom is -0.368 e. The summed E-state index contributed by atoms with van der Waals surface area (Å²) in [7, 11) is 0. The fourth-order valence-corrected chi connectivity index (χ4v) is 2.57. The van der Waals surface area contributed by atoms with Gasteiger partial charge in [-0.15, -0.1) is 0 Å². The molecule has 1 unspecified atom stereocenters. The van der Waals surface area contributed by atoms with Crippen LogP contribution in [0, 0.1) is 0 Å². The van der Waals surface area contributed by atoms with Crippen molar-refractivity contribution in [3.63, 3.8) is 0 Å². The maximum Gasteiger partial charge on any atom is 0.401 e. The third kappa shape index (κ3) is 4.18. The van der Waals surface area contributed by atoms with Crippen LogP contribution in [0.2, 0.25) is 0 Å². The van der Waals surface area contributed by atoms with E-state index in [2.05, 4.69) is 5.32 Å². The average molecular weight is 301 g/mol. The van der Waals surface area contributed by atoms with E-state index in [1.165, 1.54) is 0 Å². The summed E-state index contributed by atoms with van der Waals surface area (Å²) in [5, 5.41) is 2.31. The van der Waals surface area contributed by atoms with Gasteiger partial charge in [-0.25, -0.2) is 0 Å². The Balaban J connectivity index is 2.00. The highest BCUT2D eigenvalue weighted by molar-refractivity contribution is 5.85. The molecule has 1 aliphatic heterocycles. The molecule has 1 aromatic rings. The van der Waals surface area contributed by atoms with Crippen molar-refractivity contribution in [1.29, 1.82) is 0 Å². The van der Waals surface area contributed by atoms with Gasteiger partial charge in [0, 0.05) is 19.6 Å². The largest absolute Gasteiger partial charge is 0.401 e. The summed E-state index contributed by atoms with van der Waals surface area (Å²) in [4.78, 5) is 13.5. The molecule has 1 aromatic carbocycles. The number of hydrogen-bond acceptors (Lipinski definition) is 3. The Morgan fingerprint density at radius 2 is 2.00 bits per heavy atom. The van der Waals surface area contributed by atoms with Crippen molar-refractivity contribution >= 4 is 5.91 Å². The smallest absolute Gasteiger partial charge is 0.368 e. The molecular formula is C14H18F3N3O. The van der Waals surface area contributed by atoms with Crippen molar-refractivity contribution in [3.05, 3.63) is 35.9 Å². The van der Waals surface area contributed by atoms with E-state index in [1.807, 2.05) is 35.2 Å². The van der Waals surface area contributed by atoms with Crippen LogP contribution < -0.4 is 11.1 Å². The quantitative estimate of drug-likeness (QED) is 0.861. The van der Waals surface area contributed by atoms with Crippen LogP contribution in [0.25, 0.3) is 0 Å². The van der Waals surface area contributed by atoms with Crippen LogP contribution in [0.4, 0.5) is 13.2 Å². The molecule has 1 amide bonds. The third-order valence-electron chi connectivity index (χ3n) is 3.70. The van der Waals surface area contributed by atoms with E-state index in [-0.39, 0.29) is 13.0 Å². The predicted octanol–water partition coefficient (Wildman–Crippen LogP) is 1.27. The molecule has 116 valence electrons. The van der Waals surface area contributed by atoms with Crippen LogP contribution in [0.1, 0.15) is 12.0 Å². The summed E-state index contributed by atoms with van der Waals surface area (Å²) < 4.78 is 37.1. The average Bonchev–Trinajstić information content (AvgIpc) is 2.82. The number of primary amides is 1. The molecule has 2 rings (SSSR count).